The molecule has 0 radical (unpaired) electrons. The SMILES string of the molecule is CC(C)C(C)(CN)Cc1nn(C)c2ccccc12. The molecule has 0 spiro atoms. The van der Waals surface area contributed by atoms with Gasteiger partial charge in [0.2, 0.25) is 0 Å². The van der Waals surface area contributed by atoms with Gasteiger partial charge in [-0.1, -0.05) is 39.0 Å². The quantitative estimate of drug-likeness (QED) is 0.900. The van der Waals surface area contributed by atoms with E-state index in [1.807, 2.05) is 11.7 Å². The third kappa shape index (κ3) is 2.15. The van der Waals surface area contributed by atoms with Crippen molar-refractivity contribution >= 4 is 10.9 Å². The van der Waals surface area contributed by atoms with Crippen molar-refractivity contribution in [3.63, 3.8) is 0 Å². The molecule has 1 unspecified atom stereocenters. The van der Waals surface area contributed by atoms with Crippen LogP contribution >= 0.6 is 0 Å². The van der Waals surface area contributed by atoms with Crippen molar-refractivity contribution in [2.45, 2.75) is 27.2 Å². The maximum Gasteiger partial charge on any atom is 0.0709 e. The summed E-state index contributed by atoms with van der Waals surface area (Å²) in [6, 6.07) is 8.39. The first-order valence-electron chi connectivity index (χ1n) is 6.58. The van der Waals surface area contributed by atoms with Gasteiger partial charge in [0, 0.05) is 12.4 Å². The predicted octanol–water partition coefficient (Wildman–Crippen LogP) is 2.74. The number of nitrogens with zero attached hydrogens (tertiary/aromatic N) is 2. The zero-order valence-electron chi connectivity index (χ0n) is 11.8. The van der Waals surface area contributed by atoms with Crippen molar-refractivity contribution < 1.29 is 0 Å². The number of aryl methyl sites for hydroxylation is 1. The number of para-hydroxylation sites is 1. The second kappa shape index (κ2) is 4.73. The van der Waals surface area contributed by atoms with Crippen LogP contribution in [0, 0.1) is 11.3 Å². The van der Waals surface area contributed by atoms with Crippen molar-refractivity contribution in [1.29, 1.82) is 0 Å². The molecule has 0 bridgehead atoms. The van der Waals surface area contributed by atoms with Gasteiger partial charge in [-0.05, 0) is 30.4 Å². The van der Waals surface area contributed by atoms with Crippen LogP contribution in [0.2, 0.25) is 0 Å². The van der Waals surface area contributed by atoms with Gasteiger partial charge >= 0.3 is 0 Å². The van der Waals surface area contributed by atoms with Gasteiger partial charge in [-0.2, -0.15) is 5.10 Å². The largest absolute Gasteiger partial charge is 0.330 e. The number of benzene rings is 1. The first kappa shape index (κ1) is 13.1. The maximum absolute atomic E-state index is 5.97. The second-order valence-corrected chi connectivity index (χ2v) is 5.78. The Morgan fingerprint density at radius 3 is 2.61 bits per heavy atom. The van der Waals surface area contributed by atoms with Gasteiger partial charge in [-0.3, -0.25) is 4.68 Å². The van der Waals surface area contributed by atoms with Crippen LogP contribution < -0.4 is 5.73 Å². The van der Waals surface area contributed by atoms with Crippen molar-refractivity contribution in [2.75, 3.05) is 6.54 Å². The van der Waals surface area contributed by atoms with Crippen molar-refractivity contribution in [2.24, 2.45) is 24.1 Å². The third-order valence-electron chi connectivity index (χ3n) is 4.27. The van der Waals surface area contributed by atoms with Crippen molar-refractivity contribution in [1.82, 2.24) is 9.78 Å². The minimum atomic E-state index is 0.108. The molecule has 2 N–H and O–H groups in total. The minimum absolute atomic E-state index is 0.108. The van der Waals surface area contributed by atoms with Gasteiger partial charge in [0.15, 0.2) is 0 Å². The van der Waals surface area contributed by atoms with E-state index in [1.165, 1.54) is 10.9 Å². The molecule has 0 aliphatic heterocycles. The van der Waals surface area contributed by atoms with Crippen LogP contribution in [0.5, 0.6) is 0 Å². The smallest absolute Gasteiger partial charge is 0.0709 e. The Hall–Kier alpha value is -1.35. The van der Waals surface area contributed by atoms with E-state index in [9.17, 15) is 0 Å². The van der Waals surface area contributed by atoms with Crippen molar-refractivity contribution in [3.05, 3.63) is 30.0 Å². The number of rotatable bonds is 4. The summed E-state index contributed by atoms with van der Waals surface area (Å²) in [5, 5.41) is 5.92. The minimum Gasteiger partial charge on any atom is -0.330 e. The molecule has 0 fully saturated rings. The van der Waals surface area contributed by atoms with E-state index in [2.05, 4.69) is 50.1 Å². The number of nitrogens with two attached hydrogens (primary N) is 1. The van der Waals surface area contributed by atoms with Gasteiger partial charge in [-0.25, -0.2) is 0 Å². The fraction of sp³-hybridized carbons (Fsp3) is 0.533. The van der Waals surface area contributed by atoms with Gasteiger partial charge in [0.1, 0.15) is 0 Å². The Kier molecular flexibility index (Phi) is 3.44. The highest BCUT2D eigenvalue weighted by atomic mass is 15.3. The molecule has 1 aromatic carbocycles. The van der Waals surface area contributed by atoms with E-state index in [-0.39, 0.29) is 5.41 Å². The van der Waals surface area contributed by atoms with Gasteiger partial charge in [0.25, 0.3) is 0 Å². The zero-order chi connectivity index (χ0) is 13.3. The lowest BCUT2D eigenvalue weighted by molar-refractivity contribution is 0.225. The zero-order valence-corrected chi connectivity index (χ0v) is 11.8. The van der Waals surface area contributed by atoms with Crippen LogP contribution in [0.4, 0.5) is 0 Å². The summed E-state index contributed by atoms with van der Waals surface area (Å²) in [7, 11) is 2.00. The van der Waals surface area contributed by atoms with E-state index in [0.29, 0.717) is 12.5 Å². The Bertz CT molecular complexity index is 542. The summed E-state index contributed by atoms with van der Waals surface area (Å²) in [6.07, 6.45) is 0.933. The number of hydrogen-bond donors (Lipinski definition) is 1. The highest BCUT2D eigenvalue weighted by molar-refractivity contribution is 5.81. The standard InChI is InChI=1S/C15H23N3/c1-11(2)15(3,10-16)9-13-12-7-5-6-8-14(12)18(4)17-13/h5-8,11H,9-10,16H2,1-4H3. The van der Waals surface area contributed by atoms with E-state index >= 15 is 0 Å². The number of aromatic nitrogens is 2. The first-order valence-corrected chi connectivity index (χ1v) is 6.58. The Morgan fingerprint density at radius 1 is 1.33 bits per heavy atom. The van der Waals surface area contributed by atoms with Crippen LogP contribution in [0.15, 0.2) is 24.3 Å². The van der Waals surface area contributed by atoms with Gasteiger partial charge < -0.3 is 5.73 Å². The summed E-state index contributed by atoms with van der Waals surface area (Å²) in [6.45, 7) is 7.41. The molecule has 0 aliphatic carbocycles. The molecule has 0 amide bonds. The van der Waals surface area contributed by atoms with E-state index in [4.69, 9.17) is 5.73 Å². The Balaban J connectivity index is 2.43. The average Bonchev–Trinajstić information content (AvgIpc) is 2.66. The molecule has 3 nitrogen and oxygen atoms in total. The highest BCUT2D eigenvalue weighted by Crippen LogP contribution is 2.32. The molecule has 1 atom stereocenters. The number of hydrogen-bond acceptors (Lipinski definition) is 2. The Morgan fingerprint density at radius 2 is 2.00 bits per heavy atom. The lowest BCUT2D eigenvalue weighted by atomic mass is 9.75. The van der Waals surface area contributed by atoms with Crippen LogP contribution in [0.1, 0.15) is 26.5 Å². The highest BCUT2D eigenvalue weighted by Gasteiger charge is 2.29. The number of fused-ring (bicyclic) bond motifs is 1. The normalized spacial score (nSPS) is 15.2. The molecule has 18 heavy (non-hydrogen) atoms. The molecule has 2 rings (SSSR count). The Labute approximate surface area is 109 Å². The fourth-order valence-corrected chi connectivity index (χ4v) is 2.31. The topological polar surface area (TPSA) is 43.8 Å². The van der Waals surface area contributed by atoms with Crippen LogP contribution in [-0.4, -0.2) is 16.3 Å². The van der Waals surface area contributed by atoms with Crippen molar-refractivity contribution in [3.8, 4) is 0 Å². The molecule has 0 aliphatic rings. The molecule has 98 valence electrons. The van der Waals surface area contributed by atoms with Gasteiger partial charge in [-0.15, -0.1) is 0 Å². The molecular weight excluding hydrogens is 222 g/mol. The molecule has 0 saturated heterocycles. The van der Waals surface area contributed by atoms with Crippen LogP contribution in [0.3, 0.4) is 0 Å². The lowest BCUT2D eigenvalue weighted by Crippen LogP contribution is -2.35. The van der Waals surface area contributed by atoms with Crippen LogP contribution in [0.25, 0.3) is 10.9 Å². The monoisotopic (exact) mass is 245 g/mol. The molecule has 3 heteroatoms. The third-order valence-corrected chi connectivity index (χ3v) is 4.27. The average molecular weight is 245 g/mol. The summed E-state index contributed by atoms with van der Waals surface area (Å²) >= 11 is 0. The van der Waals surface area contributed by atoms with Gasteiger partial charge in [0.05, 0.1) is 11.2 Å². The van der Waals surface area contributed by atoms with E-state index in [0.717, 1.165) is 12.1 Å². The summed E-state index contributed by atoms with van der Waals surface area (Å²) in [5.41, 5.74) is 8.43. The molecular formula is C15H23N3. The molecule has 1 aromatic heterocycles. The second-order valence-electron chi connectivity index (χ2n) is 5.78. The summed E-state index contributed by atoms with van der Waals surface area (Å²) in [4.78, 5) is 0. The molecule has 0 saturated carbocycles. The first-order chi connectivity index (χ1) is 8.48. The van der Waals surface area contributed by atoms with Crippen LogP contribution in [-0.2, 0) is 13.5 Å². The lowest BCUT2D eigenvalue weighted by Gasteiger charge is -2.31. The molecule has 2 aromatic rings. The summed E-state index contributed by atoms with van der Waals surface area (Å²) in [5.74, 6) is 0.545. The predicted molar refractivity (Wildman–Crippen MR) is 76.4 cm³/mol. The maximum atomic E-state index is 5.97. The fourth-order valence-electron chi connectivity index (χ4n) is 2.31. The molecule has 1 heterocycles. The van der Waals surface area contributed by atoms with E-state index < -0.39 is 0 Å². The van der Waals surface area contributed by atoms with E-state index in [1.54, 1.807) is 0 Å². The summed E-state index contributed by atoms with van der Waals surface area (Å²) < 4.78 is 1.96.